The van der Waals surface area contributed by atoms with Crippen molar-refractivity contribution in [2.45, 2.75) is 11.3 Å². The quantitative estimate of drug-likeness (QED) is 0.280. The third-order valence-electron chi connectivity index (χ3n) is 4.70. The monoisotopic (exact) mass is 466 g/mol. The van der Waals surface area contributed by atoms with E-state index in [4.69, 9.17) is 0 Å². The molecular weight excluding hydrogens is 444 g/mol. The maximum Gasteiger partial charge on any atom is 0.269 e. The van der Waals surface area contributed by atoms with Crippen molar-refractivity contribution in [3.05, 3.63) is 106 Å². The van der Waals surface area contributed by atoms with Gasteiger partial charge in [-0.25, -0.2) is 13.8 Å². The Bertz CT molecular complexity index is 1210. The van der Waals surface area contributed by atoms with Crippen LogP contribution in [-0.2, 0) is 21.2 Å². The van der Waals surface area contributed by atoms with Crippen molar-refractivity contribution in [2.24, 2.45) is 5.10 Å². The molecule has 0 bridgehead atoms. The average molecular weight is 467 g/mol. The van der Waals surface area contributed by atoms with Gasteiger partial charge < -0.3 is 0 Å². The van der Waals surface area contributed by atoms with E-state index in [9.17, 15) is 23.3 Å². The largest absolute Gasteiger partial charge is 0.272 e. The van der Waals surface area contributed by atoms with E-state index in [-0.39, 0.29) is 17.1 Å². The molecule has 0 saturated carbocycles. The summed E-state index contributed by atoms with van der Waals surface area (Å²) < 4.78 is 27.4. The Labute approximate surface area is 191 Å². The molecule has 0 spiro atoms. The standard InChI is InChI=1S/C23H22N4O5S/c28-23(25-24-17-20-11-13-21(14-12-20)27(29)30)18-26(16-15-19-7-3-1-4-8-19)33(31,32)22-9-5-2-6-10-22/h1-14,17H,15-16,18H2,(H,25,28)/b24-17-. The van der Waals surface area contributed by atoms with E-state index in [1.54, 1.807) is 18.2 Å². The molecule has 0 aromatic heterocycles. The molecule has 0 heterocycles. The van der Waals surface area contributed by atoms with Gasteiger partial charge in [0.05, 0.1) is 22.6 Å². The van der Waals surface area contributed by atoms with Crippen LogP contribution in [0, 0.1) is 10.1 Å². The third kappa shape index (κ3) is 6.79. The lowest BCUT2D eigenvalue weighted by Gasteiger charge is -2.21. The van der Waals surface area contributed by atoms with Gasteiger partial charge in [-0.2, -0.15) is 9.41 Å². The van der Waals surface area contributed by atoms with E-state index >= 15 is 0 Å². The van der Waals surface area contributed by atoms with Gasteiger partial charge in [0.15, 0.2) is 0 Å². The minimum atomic E-state index is -3.90. The Kier molecular flexibility index (Phi) is 8.01. The number of nitro groups is 1. The molecule has 0 unspecified atom stereocenters. The Balaban J connectivity index is 1.69. The van der Waals surface area contributed by atoms with Crippen molar-refractivity contribution in [3.8, 4) is 0 Å². The number of hydrazone groups is 1. The molecule has 3 aromatic rings. The minimum absolute atomic E-state index is 0.0589. The molecule has 3 aromatic carbocycles. The number of benzene rings is 3. The van der Waals surface area contributed by atoms with E-state index < -0.39 is 27.4 Å². The zero-order valence-electron chi connectivity index (χ0n) is 17.6. The maximum atomic E-state index is 13.1. The van der Waals surface area contributed by atoms with E-state index in [2.05, 4.69) is 10.5 Å². The number of hydrogen-bond acceptors (Lipinski definition) is 6. The smallest absolute Gasteiger partial charge is 0.269 e. The number of non-ortho nitro benzene ring substituents is 1. The fourth-order valence-electron chi connectivity index (χ4n) is 2.98. The molecule has 1 N–H and O–H groups in total. The number of nitrogens with one attached hydrogen (secondary N) is 1. The zero-order valence-corrected chi connectivity index (χ0v) is 18.4. The van der Waals surface area contributed by atoms with Crippen LogP contribution in [0.4, 0.5) is 5.69 Å². The molecule has 170 valence electrons. The lowest BCUT2D eigenvalue weighted by Crippen LogP contribution is -2.40. The summed E-state index contributed by atoms with van der Waals surface area (Å²) in [6.07, 6.45) is 1.76. The lowest BCUT2D eigenvalue weighted by atomic mass is 10.1. The van der Waals surface area contributed by atoms with Crippen LogP contribution < -0.4 is 5.43 Å². The second-order valence-electron chi connectivity index (χ2n) is 7.03. The van der Waals surface area contributed by atoms with Crippen molar-refractivity contribution in [1.29, 1.82) is 0 Å². The lowest BCUT2D eigenvalue weighted by molar-refractivity contribution is -0.384. The highest BCUT2D eigenvalue weighted by Crippen LogP contribution is 2.16. The normalized spacial score (nSPS) is 11.5. The van der Waals surface area contributed by atoms with Crippen LogP contribution in [-0.4, -0.2) is 42.9 Å². The number of sulfonamides is 1. The second-order valence-corrected chi connectivity index (χ2v) is 8.97. The summed E-state index contributed by atoms with van der Waals surface area (Å²) >= 11 is 0. The van der Waals surface area contributed by atoms with E-state index in [1.165, 1.54) is 42.6 Å². The number of hydrogen-bond donors (Lipinski definition) is 1. The summed E-state index contributed by atoms with van der Waals surface area (Å²) in [6, 6.07) is 22.9. The Morgan fingerprint density at radius 2 is 1.58 bits per heavy atom. The number of carbonyl (C=O) groups excluding carboxylic acids is 1. The van der Waals surface area contributed by atoms with Gasteiger partial charge in [0, 0.05) is 18.7 Å². The number of carbonyl (C=O) groups is 1. The summed E-state index contributed by atoms with van der Waals surface area (Å²) in [7, 11) is -3.90. The molecule has 0 saturated heterocycles. The first-order valence-corrected chi connectivity index (χ1v) is 11.5. The molecule has 10 heteroatoms. The van der Waals surface area contributed by atoms with Crippen LogP contribution in [0.3, 0.4) is 0 Å². The molecule has 0 aliphatic carbocycles. The summed E-state index contributed by atoms with van der Waals surface area (Å²) in [5.74, 6) is -0.610. The molecule has 0 aliphatic heterocycles. The van der Waals surface area contributed by atoms with Gasteiger partial charge in [-0.1, -0.05) is 48.5 Å². The number of nitro benzene ring substituents is 1. The first-order valence-electron chi connectivity index (χ1n) is 10.0. The van der Waals surface area contributed by atoms with Crippen molar-refractivity contribution in [2.75, 3.05) is 13.1 Å². The van der Waals surface area contributed by atoms with Gasteiger partial charge in [-0.3, -0.25) is 14.9 Å². The Morgan fingerprint density at radius 3 is 2.18 bits per heavy atom. The highest BCUT2D eigenvalue weighted by Gasteiger charge is 2.26. The molecule has 9 nitrogen and oxygen atoms in total. The fourth-order valence-corrected chi connectivity index (χ4v) is 4.40. The molecule has 0 atom stereocenters. The van der Waals surface area contributed by atoms with Crippen LogP contribution in [0.15, 0.2) is 94.9 Å². The van der Waals surface area contributed by atoms with Gasteiger partial charge >= 0.3 is 0 Å². The first-order chi connectivity index (χ1) is 15.9. The molecule has 0 aliphatic rings. The Morgan fingerprint density at radius 1 is 0.970 bits per heavy atom. The number of nitrogens with zero attached hydrogens (tertiary/aromatic N) is 3. The van der Waals surface area contributed by atoms with Crippen molar-refractivity contribution in [3.63, 3.8) is 0 Å². The van der Waals surface area contributed by atoms with Crippen molar-refractivity contribution in [1.82, 2.24) is 9.73 Å². The van der Waals surface area contributed by atoms with E-state index in [0.717, 1.165) is 9.87 Å². The van der Waals surface area contributed by atoms with Crippen molar-refractivity contribution >= 4 is 27.8 Å². The van der Waals surface area contributed by atoms with Crippen molar-refractivity contribution < 1.29 is 18.1 Å². The number of amides is 1. The predicted molar refractivity (Wildman–Crippen MR) is 124 cm³/mol. The molecule has 33 heavy (non-hydrogen) atoms. The second kappa shape index (κ2) is 11.1. The zero-order chi connectivity index (χ0) is 23.7. The summed E-state index contributed by atoms with van der Waals surface area (Å²) in [5.41, 5.74) is 3.74. The molecular formula is C23H22N4O5S. The topological polar surface area (TPSA) is 122 Å². The van der Waals surface area contributed by atoms with Crippen LogP contribution in [0.25, 0.3) is 0 Å². The average Bonchev–Trinajstić information content (AvgIpc) is 2.83. The molecule has 1 amide bonds. The number of rotatable bonds is 10. The summed E-state index contributed by atoms with van der Waals surface area (Å²) in [6.45, 7) is -0.303. The van der Waals surface area contributed by atoms with Gasteiger partial charge in [-0.15, -0.1) is 0 Å². The van der Waals surface area contributed by atoms with Gasteiger partial charge in [-0.05, 0) is 41.8 Å². The first kappa shape index (κ1) is 23.8. The predicted octanol–water partition coefficient (Wildman–Crippen LogP) is 2.98. The highest BCUT2D eigenvalue weighted by molar-refractivity contribution is 7.89. The Hall–Kier alpha value is -3.89. The van der Waals surface area contributed by atoms with Gasteiger partial charge in [0.1, 0.15) is 0 Å². The van der Waals surface area contributed by atoms with E-state index in [0.29, 0.717) is 12.0 Å². The highest BCUT2D eigenvalue weighted by atomic mass is 32.2. The van der Waals surface area contributed by atoms with Crippen LogP contribution >= 0.6 is 0 Å². The molecule has 0 fully saturated rings. The van der Waals surface area contributed by atoms with E-state index in [1.807, 2.05) is 30.3 Å². The van der Waals surface area contributed by atoms with Crippen LogP contribution in [0.2, 0.25) is 0 Å². The molecule has 3 rings (SSSR count). The summed E-state index contributed by atoms with van der Waals surface area (Å²) in [4.78, 5) is 22.7. The van der Waals surface area contributed by atoms with Crippen LogP contribution in [0.1, 0.15) is 11.1 Å². The maximum absolute atomic E-state index is 13.1. The SMILES string of the molecule is O=C(CN(CCc1ccccc1)S(=O)(=O)c1ccccc1)N/N=C\c1ccc([N+](=O)[O-])cc1. The molecule has 0 radical (unpaired) electrons. The fraction of sp³-hybridized carbons (Fsp3) is 0.130. The third-order valence-corrected chi connectivity index (χ3v) is 6.56. The van der Waals surface area contributed by atoms with Gasteiger partial charge in [0.25, 0.3) is 11.6 Å². The summed E-state index contributed by atoms with van der Waals surface area (Å²) in [5, 5.41) is 14.5. The van der Waals surface area contributed by atoms with Gasteiger partial charge in [0.2, 0.25) is 10.0 Å². The minimum Gasteiger partial charge on any atom is -0.272 e. The van der Waals surface area contributed by atoms with Crippen LogP contribution in [0.5, 0.6) is 0 Å².